The maximum Gasteiger partial charge on any atom is 0.293 e. The molecule has 1 aromatic rings. The molecule has 0 spiro atoms. The first-order valence-corrected chi connectivity index (χ1v) is 6.52. The molecule has 2 rings (SSSR count). The minimum Gasteiger partial charge on any atom is -0.305 e. The van der Waals surface area contributed by atoms with Gasteiger partial charge in [0.05, 0.1) is 4.92 Å². The van der Waals surface area contributed by atoms with Gasteiger partial charge in [0.1, 0.15) is 5.69 Å². The van der Waals surface area contributed by atoms with E-state index in [1.165, 1.54) is 11.0 Å². The van der Waals surface area contributed by atoms with E-state index in [4.69, 9.17) is 0 Å². The fourth-order valence-electron chi connectivity index (χ4n) is 2.15. The van der Waals surface area contributed by atoms with Crippen LogP contribution in [0.2, 0.25) is 0 Å². The second kappa shape index (κ2) is 4.68. The van der Waals surface area contributed by atoms with Crippen molar-refractivity contribution < 1.29 is 9.72 Å². The van der Waals surface area contributed by atoms with Gasteiger partial charge in [-0.2, -0.15) is 0 Å². The van der Waals surface area contributed by atoms with Crippen LogP contribution in [0.25, 0.3) is 0 Å². The molecule has 18 heavy (non-hydrogen) atoms. The number of hydrogen-bond acceptors (Lipinski definition) is 3. The van der Waals surface area contributed by atoms with Gasteiger partial charge in [0.2, 0.25) is 5.91 Å². The molecule has 1 heterocycles. The zero-order valence-electron chi connectivity index (χ0n) is 10.1. The van der Waals surface area contributed by atoms with Crippen LogP contribution in [0.5, 0.6) is 0 Å². The van der Waals surface area contributed by atoms with Crippen molar-refractivity contribution in [1.29, 1.82) is 0 Å². The number of rotatable bonds is 2. The predicted octanol–water partition coefficient (Wildman–Crippen LogP) is 2.71. The number of nitro benzene ring substituents is 1. The Hall–Kier alpha value is -1.43. The first-order valence-electron chi connectivity index (χ1n) is 5.61. The minimum absolute atomic E-state index is 0.00644. The highest BCUT2D eigenvalue weighted by molar-refractivity contribution is 9.09. The van der Waals surface area contributed by atoms with Crippen LogP contribution in [0.4, 0.5) is 11.4 Å². The molecule has 0 aliphatic carbocycles. The summed E-state index contributed by atoms with van der Waals surface area (Å²) < 4.78 is 0. The van der Waals surface area contributed by atoms with Crippen LogP contribution in [0.3, 0.4) is 0 Å². The Labute approximate surface area is 113 Å². The van der Waals surface area contributed by atoms with E-state index < -0.39 is 4.92 Å². The van der Waals surface area contributed by atoms with E-state index in [9.17, 15) is 14.9 Å². The first-order chi connectivity index (χ1) is 8.41. The maximum absolute atomic E-state index is 11.9. The van der Waals surface area contributed by atoms with Gasteiger partial charge in [-0.25, -0.2) is 0 Å². The quantitative estimate of drug-likeness (QED) is 0.479. The average molecular weight is 313 g/mol. The van der Waals surface area contributed by atoms with Gasteiger partial charge < -0.3 is 4.90 Å². The van der Waals surface area contributed by atoms with Crippen molar-refractivity contribution in [3.05, 3.63) is 33.4 Å². The summed E-state index contributed by atoms with van der Waals surface area (Å²) in [5, 5.41) is 11.1. The van der Waals surface area contributed by atoms with Crippen molar-refractivity contribution in [2.24, 2.45) is 0 Å². The molecule has 5 nitrogen and oxygen atoms in total. The number of alkyl halides is 1. The van der Waals surface area contributed by atoms with Gasteiger partial charge in [0.25, 0.3) is 5.69 Å². The summed E-state index contributed by atoms with van der Waals surface area (Å²) in [6, 6.07) is 3.18. The second-order valence-electron chi connectivity index (χ2n) is 4.44. The van der Waals surface area contributed by atoms with Crippen LogP contribution in [0.1, 0.15) is 17.5 Å². The van der Waals surface area contributed by atoms with E-state index in [0.29, 0.717) is 18.7 Å². The average Bonchev–Trinajstić information content (AvgIpc) is 2.61. The maximum atomic E-state index is 11.9. The van der Waals surface area contributed by atoms with E-state index in [2.05, 4.69) is 15.9 Å². The number of hydrogen-bond donors (Lipinski definition) is 0. The minimum atomic E-state index is -0.434. The molecule has 1 saturated heterocycles. The normalized spacial score (nSPS) is 19.4. The summed E-state index contributed by atoms with van der Waals surface area (Å²) in [4.78, 5) is 24.1. The van der Waals surface area contributed by atoms with Crippen LogP contribution >= 0.6 is 15.9 Å². The van der Waals surface area contributed by atoms with Crippen molar-refractivity contribution in [1.82, 2.24) is 0 Å². The molecule has 0 saturated carbocycles. The van der Waals surface area contributed by atoms with Gasteiger partial charge in [-0.1, -0.05) is 22.0 Å². The Balaban J connectivity index is 2.58. The highest BCUT2D eigenvalue weighted by atomic mass is 79.9. The number of halogens is 1. The van der Waals surface area contributed by atoms with Crippen molar-refractivity contribution in [3.8, 4) is 0 Å². The summed E-state index contributed by atoms with van der Waals surface area (Å²) in [6.45, 7) is 4.17. The van der Waals surface area contributed by atoms with Crippen LogP contribution in [-0.2, 0) is 4.79 Å². The van der Waals surface area contributed by atoms with Gasteiger partial charge in [-0.15, -0.1) is 0 Å². The fourth-order valence-corrected chi connectivity index (χ4v) is 2.72. The molecule has 6 heteroatoms. The largest absolute Gasteiger partial charge is 0.305 e. The highest BCUT2D eigenvalue weighted by Gasteiger charge is 2.34. The Morgan fingerprint density at radius 3 is 2.61 bits per heavy atom. The van der Waals surface area contributed by atoms with Gasteiger partial charge in [0.15, 0.2) is 0 Å². The zero-order valence-corrected chi connectivity index (χ0v) is 11.7. The SMILES string of the molecule is Cc1ccc([N+](=O)[O-])c(N2CC(Br)CC2=O)c1C. The summed E-state index contributed by atoms with van der Waals surface area (Å²) in [7, 11) is 0. The number of carbonyl (C=O) groups is 1. The number of anilines is 1. The van der Waals surface area contributed by atoms with Crippen molar-refractivity contribution in [3.63, 3.8) is 0 Å². The molecule has 0 radical (unpaired) electrons. The third-order valence-electron chi connectivity index (χ3n) is 3.22. The third kappa shape index (κ3) is 2.12. The fraction of sp³-hybridized carbons (Fsp3) is 0.417. The molecular formula is C12H13BrN2O3. The lowest BCUT2D eigenvalue weighted by molar-refractivity contribution is -0.384. The molecule has 1 aliphatic heterocycles. The zero-order chi connectivity index (χ0) is 13.4. The molecule has 1 atom stereocenters. The molecule has 1 fully saturated rings. The molecule has 1 aromatic carbocycles. The van der Waals surface area contributed by atoms with Crippen LogP contribution in [-0.4, -0.2) is 22.2 Å². The molecule has 1 amide bonds. The van der Waals surface area contributed by atoms with Gasteiger partial charge in [-0.05, 0) is 25.0 Å². The highest BCUT2D eigenvalue weighted by Crippen LogP contribution is 2.37. The molecule has 96 valence electrons. The summed E-state index contributed by atoms with van der Waals surface area (Å²) in [6.07, 6.45) is 0.380. The number of nitrogens with zero attached hydrogens (tertiary/aromatic N) is 2. The molecular weight excluding hydrogens is 300 g/mol. The van der Waals surface area contributed by atoms with Gasteiger partial charge in [0, 0.05) is 23.9 Å². The topological polar surface area (TPSA) is 63.5 Å². The summed E-state index contributed by atoms with van der Waals surface area (Å²) in [5.41, 5.74) is 2.17. The van der Waals surface area contributed by atoms with Crippen LogP contribution in [0.15, 0.2) is 12.1 Å². The van der Waals surface area contributed by atoms with Crippen molar-refractivity contribution >= 4 is 33.2 Å². The number of amides is 1. The third-order valence-corrected chi connectivity index (χ3v) is 3.84. The first kappa shape index (κ1) is 13.0. The monoisotopic (exact) mass is 312 g/mol. The van der Waals surface area contributed by atoms with Crippen molar-refractivity contribution in [2.75, 3.05) is 11.4 Å². The lowest BCUT2D eigenvalue weighted by atomic mass is 10.1. The van der Waals surface area contributed by atoms with E-state index >= 15 is 0 Å². The lowest BCUT2D eigenvalue weighted by Crippen LogP contribution is -2.26. The standard InChI is InChI=1S/C12H13BrN2O3/c1-7-3-4-10(15(17)18)12(8(7)2)14-6-9(13)5-11(14)16/h3-4,9H,5-6H2,1-2H3. The molecule has 1 unspecified atom stereocenters. The van der Waals surface area contributed by atoms with E-state index in [1.807, 2.05) is 13.8 Å². The number of carbonyl (C=O) groups excluding carboxylic acids is 1. The van der Waals surface area contributed by atoms with E-state index in [0.717, 1.165) is 11.1 Å². The van der Waals surface area contributed by atoms with E-state index in [1.54, 1.807) is 6.07 Å². The number of nitro groups is 1. The van der Waals surface area contributed by atoms with Gasteiger partial charge in [-0.3, -0.25) is 14.9 Å². The Morgan fingerprint density at radius 1 is 1.44 bits per heavy atom. The lowest BCUT2D eigenvalue weighted by Gasteiger charge is -2.19. The van der Waals surface area contributed by atoms with Crippen molar-refractivity contribution in [2.45, 2.75) is 25.1 Å². The van der Waals surface area contributed by atoms with E-state index in [-0.39, 0.29) is 16.4 Å². The summed E-state index contributed by atoms with van der Waals surface area (Å²) >= 11 is 3.39. The Bertz CT molecular complexity index is 530. The Kier molecular flexibility index (Phi) is 3.38. The molecule has 0 N–H and O–H groups in total. The Morgan fingerprint density at radius 2 is 2.11 bits per heavy atom. The molecule has 1 aliphatic rings. The molecule has 0 aromatic heterocycles. The second-order valence-corrected chi connectivity index (χ2v) is 5.73. The van der Waals surface area contributed by atoms with Crippen LogP contribution in [0, 0.1) is 24.0 Å². The number of benzene rings is 1. The van der Waals surface area contributed by atoms with Gasteiger partial charge >= 0.3 is 0 Å². The number of aryl methyl sites for hydroxylation is 1. The summed E-state index contributed by atoms with van der Waals surface area (Å²) in [5.74, 6) is -0.0753. The molecule has 0 bridgehead atoms. The van der Waals surface area contributed by atoms with Crippen LogP contribution < -0.4 is 4.90 Å². The predicted molar refractivity (Wildman–Crippen MR) is 72.3 cm³/mol. The smallest absolute Gasteiger partial charge is 0.293 e.